The molecule has 0 aromatic heterocycles. The molecule has 0 atom stereocenters. The molecular formula is C13H27NO2. The molecule has 0 rings (SSSR count). The number of ether oxygens (including phenoxy) is 2. The second kappa shape index (κ2) is 8.74. The molecule has 16 heavy (non-hydrogen) atoms. The molecule has 0 aliphatic rings. The molecule has 0 bridgehead atoms. The summed E-state index contributed by atoms with van der Waals surface area (Å²) in [7, 11) is 0. The van der Waals surface area contributed by atoms with Gasteiger partial charge in [-0.2, -0.15) is 0 Å². The van der Waals surface area contributed by atoms with Crippen LogP contribution >= 0.6 is 0 Å². The minimum absolute atomic E-state index is 0.132. The molecule has 0 aromatic rings. The van der Waals surface area contributed by atoms with Crippen molar-refractivity contribution in [3.05, 3.63) is 12.2 Å². The molecule has 0 aromatic carbocycles. The maximum atomic E-state index is 5.44. The van der Waals surface area contributed by atoms with E-state index >= 15 is 0 Å². The van der Waals surface area contributed by atoms with Crippen LogP contribution in [-0.2, 0) is 9.47 Å². The number of hydrogen-bond donors (Lipinski definition) is 1. The lowest BCUT2D eigenvalue weighted by Crippen LogP contribution is -2.37. The first-order valence-corrected chi connectivity index (χ1v) is 6.03. The predicted molar refractivity (Wildman–Crippen MR) is 68.8 cm³/mol. The Labute approximate surface area is 100 Å². The minimum atomic E-state index is 0.132. The van der Waals surface area contributed by atoms with E-state index in [-0.39, 0.29) is 5.54 Å². The summed E-state index contributed by atoms with van der Waals surface area (Å²) in [5, 5.41) is 3.37. The molecular weight excluding hydrogens is 202 g/mol. The van der Waals surface area contributed by atoms with E-state index in [4.69, 9.17) is 9.47 Å². The Morgan fingerprint density at radius 2 is 1.75 bits per heavy atom. The molecule has 0 amide bonds. The van der Waals surface area contributed by atoms with Crippen molar-refractivity contribution in [2.75, 3.05) is 33.0 Å². The molecule has 0 fully saturated rings. The van der Waals surface area contributed by atoms with Crippen LogP contribution < -0.4 is 5.32 Å². The lowest BCUT2D eigenvalue weighted by atomic mass is 10.1. The summed E-state index contributed by atoms with van der Waals surface area (Å²) < 4.78 is 10.8. The van der Waals surface area contributed by atoms with Crippen molar-refractivity contribution in [3.63, 3.8) is 0 Å². The first-order valence-electron chi connectivity index (χ1n) is 6.03. The molecule has 0 saturated heterocycles. The van der Waals surface area contributed by atoms with E-state index < -0.39 is 0 Å². The van der Waals surface area contributed by atoms with E-state index in [1.54, 1.807) is 0 Å². The third-order valence-corrected chi connectivity index (χ3v) is 1.90. The van der Waals surface area contributed by atoms with Crippen LogP contribution in [0, 0.1) is 0 Å². The Morgan fingerprint density at radius 1 is 1.12 bits per heavy atom. The van der Waals surface area contributed by atoms with Gasteiger partial charge in [-0.1, -0.05) is 13.5 Å². The summed E-state index contributed by atoms with van der Waals surface area (Å²) in [4.78, 5) is 0. The normalized spacial score (nSPS) is 11.8. The smallest absolute Gasteiger partial charge is 0.0704 e. The zero-order valence-electron chi connectivity index (χ0n) is 11.3. The molecule has 96 valence electrons. The molecule has 0 heterocycles. The first-order chi connectivity index (χ1) is 7.45. The van der Waals surface area contributed by atoms with Crippen LogP contribution in [0.4, 0.5) is 0 Å². The summed E-state index contributed by atoms with van der Waals surface area (Å²) in [5.74, 6) is 0. The summed E-state index contributed by atoms with van der Waals surface area (Å²) >= 11 is 0. The van der Waals surface area contributed by atoms with Gasteiger partial charge in [-0.25, -0.2) is 0 Å². The van der Waals surface area contributed by atoms with Crippen LogP contribution in [0.2, 0.25) is 0 Å². The molecule has 0 aliphatic heterocycles. The van der Waals surface area contributed by atoms with Crippen molar-refractivity contribution < 1.29 is 9.47 Å². The lowest BCUT2D eigenvalue weighted by Gasteiger charge is -2.21. The van der Waals surface area contributed by atoms with Gasteiger partial charge in [0.25, 0.3) is 0 Å². The third kappa shape index (κ3) is 11.7. The fraction of sp³-hybridized carbons (Fsp3) is 0.846. The predicted octanol–water partition coefficient (Wildman–Crippen LogP) is 2.37. The zero-order valence-corrected chi connectivity index (χ0v) is 11.3. The van der Waals surface area contributed by atoms with Gasteiger partial charge in [-0.15, -0.1) is 0 Å². The molecule has 0 radical (unpaired) electrons. The average Bonchev–Trinajstić information content (AvgIpc) is 2.19. The highest BCUT2D eigenvalue weighted by Gasteiger charge is 2.08. The van der Waals surface area contributed by atoms with Gasteiger partial charge in [-0.05, 0) is 32.8 Å². The van der Waals surface area contributed by atoms with E-state index in [0.717, 1.165) is 25.1 Å². The van der Waals surface area contributed by atoms with Crippen LogP contribution in [0.3, 0.4) is 0 Å². The largest absolute Gasteiger partial charge is 0.379 e. The van der Waals surface area contributed by atoms with Crippen molar-refractivity contribution in [2.24, 2.45) is 0 Å². The highest BCUT2D eigenvalue weighted by Crippen LogP contribution is 2.00. The van der Waals surface area contributed by atoms with E-state index in [1.165, 1.54) is 0 Å². The van der Waals surface area contributed by atoms with Gasteiger partial charge >= 0.3 is 0 Å². The Bertz CT molecular complexity index is 185. The molecule has 1 N–H and O–H groups in total. The molecule has 0 aliphatic carbocycles. The Kier molecular flexibility index (Phi) is 8.53. The van der Waals surface area contributed by atoms with Crippen LogP contribution in [0.1, 0.15) is 34.1 Å². The highest BCUT2D eigenvalue weighted by atomic mass is 16.5. The average molecular weight is 229 g/mol. The fourth-order valence-corrected chi connectivity index (χ4v) is 1.02. The van der Waals surface area contributed by atoms with Crippen LogP contribution in [-0.4, -0.2) is 38.5 Å². The van der Waals surface area contributed by atoms with Gasteiger partial charge in [0.05, 0.1) is 19.8 Å². The minimum Gasteiger partial charge on any atom is -0.379 e. The van der Waals surface area contributed by atoms with Gasteiger partial charge in [-0.3, -0.25) is 0 Å². The number of nitrogens with one attached hydrogen (secondary N) is 1. The number of rotatable bonds is 9. The Morgan fingerprint density at radius 3 is 2.31 bits per heavy atom. The highest BCUT2D eigenvalue weighted by molar-refractivity contribution is 4.98. The van der Waals surface area contributed by atoms with Gasteiger partial charge in [0.15, 0.2) is 0 Å². The van der Waals surface area contributed by atoms with Crippen molar-refractivity contribution in [1.82, 2.24) is 5.32 Å². The van der Waals surface area contributed by atoms with E-state index in [1.807, 2.05) is 0 Å². The maximum Gasteiger partial charge on any atom is 0.0704 e. The van der Waals surface area contributed by atoms with Crippen molar-refractivity contribution >= 4 is 0 Å². The third-order valence-electron chi connectivity index (χ3n) is 1.90. The van der Waals surface area contributed by atoms with Crippen LogP contribution in [0.15, 0.2) is 12.2 Å². The summed E-state index contributed by atoms with van der Waals surface area (Å²) in [6, 6.07) is 0. The van der Waals surface area contributed by atoms with E-state index in [0.29, 0.717) is 19.8 Å². The van der Waals surface area contributed by atoms with Crippen molar-refractivity contribution in [2.45, 2.75) is 39.7 Å². The summed E-state index contributed by atoms with van der Waals surface area (Å²) in [6.07, 6.45) is 1.06. The van der Waals surface area contributed by atoms with Crippen molar-refractivity contribution in [3.8, 4) is 0 Å². The van der Waals surface area contributed by atoms with E-state index in [2.05, 4.69) is 39.6 Å². The lowest BCUT2D eigenvalue weighted by molar-refractivity contribution is 0.0560. The van der Waals surface area contributed by atoms with Gasteiger partial charge in [0, 0.05) is 18.7 Å². The Hall–Kier alpha value is -0.380. The Balaban J connectivity index is 3.31. The molecule has 0 saturated carbocycles. The standard InChI is InChI=1S/C13H27NO2/c1-6-7-15-8-9-16-11-12(2)10-14-13(3,4)5/h14H,2,6-11H2,1,3-5H3. The van der Waals surface area contributed by atoms with Crippen molar-refractivity contribution in [1.29, 1.82) is 0 Å². The molecule has 0 unspecified atom stereocenters. The number of hydrogen-bond acceptors (Lipinski definition) is 3. The second-order valence-electron chi connectivity index (χ2n) is 5.02. The first kappa shape index (κ1) is 15.6. The fourth-order valence-electron chi connectivity index (χ4n) is 1.02. The summed E-state index contributed by atoms with van der Waals surface area (Å²) in [6.45, 7) is 16.0. The van der Waals surface area contributed by atoms with E-state index in [9.17, 15) is 0 Å². The zero-order chi connectivity index (χ0) is 12.4. The van der Waals surface area contributed by atoms with Crippen LogP contribution in [0.25, 0.3) is 0 Å². The van der Waals surface area contributed by atoms with Crippen LogP contribution in [0.5, 0.6) is 0 Å². The molecule has 0 spiro atoms. The molecule has 3 heteroatoms. The van der Waals surface area contributed by atoms with Gasteiger partial charge in [0.1, 0.15) is 0 Å². The second-order valence-corrected chi connectivity index (χ2v) is 5.02. The quantitative estimate of drug-likeness (QED) is 0.486. The van der Waals surface area contributed by atoms with Gasteiger partial charge in [0.2, 0.25) is 0 Å². The topological polar surface area (TPSA) is 30.5 Å². The SMILES string of the molecule is C=C(CNC(C)(C)C)COCCOCCC. The monoisotopic (exact) mass is 229 g/mol. The summed E-state index contributed by atoms with van der Waals surface area (Å²) in [5.41, 5.74) is 1.21. The molecule has 3 nitrogen and oxygen atoms in total. The maximum absolute atomic E-state index is 5.44. The van der Waals surface area contributed by atoms with Gasteiger partial charge < -0.3 is 14.8 Å².